The molecule has 1 aromatic heterocycles. The van der Waals surface area contributed by atoms with Crippen molar-refractivity contribution in [3.63, 3.8) is 0 Å². The van der Waals surface area contributed by atoms with E-state index in [9.17, 15) is 25.6 Å². The van der Waals surface area contributed by atoms with Crippen LogP contribution >= 0.6 is 11.8 Å². The summed E-state index contributed by atoms with van der Waals surface area (Å²) in [7, 11) is -2.99. The van der Waals surface area contributed by atoms with Gasteiger partial charge in [-0.1, -0.05) is 23.0 Å². The van der Waals surface area contributed by atoms with Crippen molar-refractivity contribution in [1.82, 2.24) is 4.98 Å². The van der Waals surface area contributed by atoms with E-state index in [-0.39, 0.29) is 21.5 Å². The van der Waals surface area contributed by atoms with E-state index in [1.54, 1.807) is 0 Å². The van der Waals surface area contributed by atoms with Gasteiger partial charge in [0.15, 0.2) is 0 Å². The number of nitrogens with zero attached hydrogens (tertiary/aromatic N) is 1. The Kier molecular flexibility index (Phi) is 3.77. The molecule has 2 heterocycles. The molecule has 0 unspecified atom stereocenters. The minimum absolute atomic E-state index is 0.0364. The van der Waals surface area contributed by atoms with Crippen molar-refractivity contribution in [2.45, 2.75) is 29.9 Å². The number of fused-ring (bicyclic) bond motifs is 1. The predicted molar refractivity (Wildman–Crippen MR) is 94.5 cm³/mol. The molecule has 9 nitrogen and oxygen atoms in total. The van der Waals surface area contributed by atoms with Crippen molar-refractivity contribution in [2.75, 3.05) is 13.6 Å². The Labute approximate surface area is 161 Å². The van der Waals surface area contributed by atoms with Crippen LogP contribution in [0.3, 0.4) is 0 Å². The van der Waals surface area contributed by atoms with Crippen molar-refractivity contribution >= 4 is 27.7 Å². The third-order valence-corrected chi connectivity index (χ3v) is 5.12. The van der Waals surface area contributed by atoms with Gasteiger partial charge in [0.1, 0.15) is 40.6 Å². The third-order valence-electron chi connectivity index (χ3n) is 3.97. The zero-order valence-electron chi connectivity index (χ0n) is 19.1. The number of benzene rings is 1. The van der Waals surface area contributed by atoms with Crippen LogP contribution in [0.25, 0.3) is 10.9 Å². The molecule has 1 aromatic carbocycles. The number of aromatic amines is 1. The van der Waals surface area contributed by atoms with Gasteiger partial charge in [0.25, 0.3) is 0 Å². The first-order valence-electron chi connectivity index (χ1n) is 10.4. The number of rotatable bonds is 4. The number of hydrogen-bond donors (Lipinski definition) is 6. The maximum atomic E-state index is 10.2. The molecule has 2 aromatic rings. The quantitative estimate of drug-likeness (QED) is 0.183. The van der Waals surface area contributed by atoms with Crippen molar-refractivity contribution in [2.24, 2.45) is 5.16 Å². The van der Waals surface area contributed by atoms with Gasteiger partial charge in [-0.25, -0.2) is 0 Å². The van der Waals surface area contributed by atoms with E-state index in [0.717, 1.165) is 0 Å². The number of aromatic nitrogens is 1. The highest BCUT2D eigenvalue weighted by Gasteiger charge is 2.44. The van der Waals surface area contributed by atoms with Crippen LogP contribution in [0.5, 0.6) is 5.75 Å². The number of oxime groups is 1. The van der Waals surface area contributed by atoms with Crippen LogP contribution in [0.1, 0.15) is 13.8 Å². The summed E-state index contributed by atoms with van der Waals surface area (Å²) in [6, 6.07) is -1.69. The molecule has 1 fully saturated rings. The lowest BCUT2D eigenvalue weighted by molar-refractivity contribution is -0.205. The Hall–Kier alpha value is -1.82. The monoisotopic (exact) mass is 390 g/mol. The fourth-order valence-corrected chi connectivity index (χ4v) is 3.69. The number of aliphatic hydroxyl groups is 4. The third kappa shape index (κ3) is 3.27. The lowest BCUT2D eigenvalue weighted by Gasteiger charge is -2.39. The first-order valence-corrected chi connectivity index (χ1v) is 8.28. The average molecular weight is 390 g/mol. The van der Waals surface area contributed by atoms with E-state index in [1.165, 1.54) is 6.20 Å². The summed E-state index contributed by atoms with van der Waals surface area (Å²) in [5.41, 5.74) is -1.42. The van der Waals surface area contributed by atoms with Crippen LogP contribution in [0.15, 0.2) is 29.5 Å². The van der Waals surface area contributed by atoms with Gasteiger partial charge in [-0.3, -0.25) is 0 Å². The number of nitrogens with one attached hydrogen (secondary N) is 1. The number of ether oxygens (including phenoxy) is 2. The van der Waals surface area contributed by atoms with Crippen LogP contribution in [0.2, 0.25) is 0 Å². The summed E-state index contributed by atoms with van der Waals surface area (Å²) < 4.78 is 56.3. The van der Waals surface area contributed by atoms with E-state index in [2.05, 4.69) is 10.1 Å². The van der Waals surface area contributed by atoms with Crippen molar-refractivity contribution in [3.05, 3.63) is 29.9 Å². The molecule has 3 rings (SSSR count). The number of hydrogen-bond acceptors (Lipinski definition) is 9. The molecule has 26 heavy (non-hydrogen) atoms. The molecular formula is C16H20N2O7S. The molecule has 5 atom stereocenters. The molecule has 1 aliphatic rings. The molecule has 10 heteroatoms. The number of methoxy groups -OCH3 is 1. The van der Waals surface area contributed by atoms with E-state index >= 15 is 0 Å². The minimum Gasteiger partial charge on any atom is -0.496 e. The second kappa shape index (κ2) is 7.82. The largest absolute Gasteiger partial charge is 0.496 e. The van der Waals surface area contributed by atoms with Gasteiger partial charge in [0.05, 0.1) is 27.3 Å². The Morgan fingerprint density at radius 3 is 2.88 bits per heavy atom. The average Bonchev–Trinajstić information content (AvgIpc) is 3.17. The van der Waals surface area contributed by atoms with Crippen LogP contribution in [-0.2, 0) is 4.74 Å². The van der Waals surface area contributed by atoms with Crippen LogP contribution in [0, 0.1) is 0 Å². The van der Waals surface area contributed by atoms with Gasteiger partial charge in [-0.2, -0.15) is 0 Å². The molecule has 0 saturated carbocycles. The summed E-state index contributed by atoms with van der Waals surface area (Å²) in [4.78, 5) is 2.66. The predicted octanol–water partition coefficient (Wildman–Crippen LogP) is -0.155. The number of H-pyrrole nitrogens is 1. The highest BCUT2D eigenvalue weighted by atomic mass is 32.2. The van der Waals surface area contributed by atoms with Crippen LogP contribution in [0.4, 0.5) is 0 Å². The van der Waals surface area contributed by atoms with Crippen molar-refractivity contribution in [3.8, 4) is 5.75 Å². The molecular weight excluding hydrogens is 364 g/mol. The van der Waals surface area contributed by atoms with Crippen LogP contribution in [-0.4, -0.2) is 79.2 Å². The number of aliphatic hydroxyl groups excluding tert-OH is 4. The van der Waals surface area contributed by atoms with Gasteiger partial charge in [0, 0.05) is 17.3 Å². The maximum Gasteiger partial charge on any atom is 0.147 e. The highest BCUT2D eigenvalue weighted by molar-refractivity contribution is 8.14. The van der Waals surface area contributed by atoms with Crippen LogP contribution < -0.4 is 4.74 Å². The Balaban J connectivity index is 2.08. The fraction of sp³-hybridized carbons (Fsp3) is 0.438. The smallest absolute Gasteiger partial charge is 0.147 e. The SMILES string of the molecule is [2H]c1c([2H])c(OC([2H])([2H])[2H])c2c(/C(=N\O)S[C@@H]3O[C@H](CO)[C@@H](O)[C@H](O)[C@H]3O)c[nH]c2c1[2H]. The molecule has 1 aliphatic heterocycles. The summed E-state index contributed by atoms with van der Waals surface area (Å²) in [6.45, 7) is -0.673. The van der Waals surface area contributed by atoms with Crippen molar-refractivity contribution in [1.29, 1.82) is 0 Å². The molecule has 0 amide bonds. The van der Waals surface area contributed by atoms with Gasteiger partial charge in [0.2, 0.25) is 0 Å². The minimum atomic E-state index is -2.99. The zero-order chi connectivity index (χ0) is 24.0. The van der Waals surface area contributed by atoms with Gasteiger partial charge in [-0.05, 0) is 12.1 Å². The first-order chi connectivity index (χ1) is 14.9. The number of thioether (sulfide) groups is 1. The summed E-state index contributed by atoms with van der Waals surface area (Å²) in [6.07, 6.45) is -4.92. The van der Waals surface area contributed by atoms with E-state index in [4.69, 9.17) is 17.7 Å². The first kappa shape index (κ1) is 12.5. The second-order valence-electron chi connectivity index (χ2n) is 5.48. The Morgan fingerprint density at radius 1 is 1.38 bits per heavy atom. The van der Waals surface area contributed by atoms with Gasteiger partial charge in [-0.15, -0.1) is 0 Å². The van der Waals surface area contributed by atoms with E-state index in [0.29, 0.717) is 11.8 Å². The lowest BCUT2D eigenvalue weighted by Crippen LogP contribution is -2.57. The summed E-state index contributed by atoms with van der Waals surface area (Å²) in [5, 5.41) is 51.8. The van der Waals surface area contributed by atoms with Gasteiger partial charge < -0.3 is 40.1 Å². The topological polar surface area (TPSA) is 148 Å². The van der Waals surface area contributed by atoms with E-state index in [1.807, 2.05) is 0 Å². The standard InChI is InChI=1S/C16H20N2O7S/c1-24-9-4-2-3-8-11(9)7(5-17-8)15(18-23)26-16-14(22)13(21)12(20)10(6-19)25-16/h2-5,10,12-14,16-17,19-23H,6H2,1H3/b18-15+/t10-,12-,13+,14-,16+/m1/s1/i1D3,2D,3D,4D. The second-order valence-corrected chi connectivity index (χ2v) is 6.57. The molecule has 6 N–H and O–H groups in total. The fourth-order valence-electron chi connectivity index (χ4n) is 2.63. The highest BCUT2D eigenvalue weighted by Crippen LogP contribution is 2.35. The molecule has 0 aliphatic carbocycles. The lowest BCUT2D eigenvalue weighted by atomic mass is 10.0. The molecule has 142 valence electrons. The summed E-state index contributed by atoms with van der Waals surface area (Å²) in [5.74, 6) is -0.548. The molecule has 0 spiro atoms. The van der Waals surface area contributed by atoms with E-state index < -0.39 is 67.4 Å². The Bertz CT molecular complexity index is 1030. The molecule has 0 radical (unpaired) electrons. The zero-order valence-corrected chi connectivity index (χ0v) is 13.9. The van der Waals surface area contributed by atoms with Gasteiger partial charge >= 0.3 is 0 Å². The van der Waals surface area contributed by atoms with Crippen molar-refractivity contribution < 1.29 is 43.3 Å². The maximum absolute atomic E-state index is 10.2. The summed E-state index contributed by atoms with van der Waals surface area (Å²) >= 11 is 0.574. The molecule has 1 saturated heterocycles. The molecule has 0 bridgehead atoms. The normalized spacial score (nSPS) is 33.7. The Morgan fingerprint density at radius 2 is 2.19 bits per heavy atom.